The van der Waals surface area contributed by atoms with E-state index in [2.05, 4.69) is 40.0 Å². The lowest BCUT2D eigenvalue weighted by Crippen LogP contribution is -2.42. The highest BCUT2D eigenvalue weighted by atomic mass is 32.1. The summed E-state index contributed by atoms with van der Waals surface area (Å²) in [6.07, 6.45) is -2.58. The Kier molecular flexibility index (Phi) is 7.36. The molecular formula is C24H27F3N4O3S. The van der Waals surface area contributed by atoms with Crippen molar-refractivity contribution >= 4 is 39.7 Å². The standard InChI is InChI=1S/C24H27F3N4O3S/c1-15-10-21(31-8-6-17(7-9-31)30(2)3)29-20-5-4-16(11-19(15)20)28-22(32)13-33-18-12-23(35-14-18)34-24(25,26)27/h4-5,10-12,14,17H,6-9,13H2,1-3H3,(H,28,32). The molecule has 0 spiro atoms. The Morgan fingerprint density at radius 1 is 1.23 bits per heavy atom. The van der Waals surface area contributed by atoms with Crippen molar-refractivity contribution < 1.29 is 27.4 Å². The number of aromatic nitrogens is 1. The lowest BCUT2D eigenvalue weighted by molar-refractivity contribution is -0.273. The zero-order chi connectivity index (χ0) is 25.2. The number of rotatable bonds is 7. The van der Waals surface area contributed by atoms with Gasteiger partial charge in [-0.15, -0.1) is 24.5 Å². The van der Waals surface area contributed by atoms with Gasteiger partial charge in [0.1, 0.15) is 11.6 Å². The predicted molar refractivity (Wildman–Crippen MR) is 131 cm³/mol. The van der Waals surface area contributed by atoms with Crippen molar-refractivity contribution in [3.8, 4) is 10.8 Å². The van der Waals surface area contributed by atoms with Crippen LogP contribution in [0.25, 0.3) is 10.9 Å². The van der Waals surface area contributed by atoms with E-state index in [1.54, 1.807) is 6.07 Å². The average molecular weight is 509 g/mol. The number of alkyl halides is 3. The lowest BCUT2D eigenvalue weighted by atomic mass is 10.0. The number of hydrogen-bond acceptors (Lipinski definition) is 7. The van der Waals surface area contributed by atoms with Crippen molar-refractivity contribution in [2.24, 2.45) is 0 Å². The summed E-state index contributed by atoms with van der Waals surface area (Å²) >= 11 is 0.736. The smallest absolute Gasteiger partial charge is 0.483 e. The van der Waals surface area contributed by atoms with Gasteiger partial charge >= 0.3 is 6.36 Å². The van der Waals surface area contributed by atoms with E-state index < -0.39 is 12.3 Å². The Labute approximate surface area is 205 Å². The number of pyridine rings is 1. The number of carbonyl (C=O) groups excluding carboxylic acids is 1. The normalized spacial score (nSPS) is 15.0. The molecule has 1 aliphatic rings. The van der Waals surface area contributed by atoms with Gasteiger partial charge in [-0.05, 0) is 63.7 Å². The van der Waals surface area contributed by atoms with Crippen LogP contribution in [0.5, 0.6) is 10.8 Å². The number of nitrogens with one attached hydrogen (secondary N) is 1. The maximum absolute atomic E-state index is 12.3. The molecule has 1 N–H and O–H groups in total. The molecular weight excluding hydrogens is 481 g/mol. The van der Waals surface area contributed by atoms with Crippen LogP contribution in [0.2, 0.25) is 0 Å². The van der Waals surface area contributed by atoms with E-state index in [9.17, 15) is 18.0 Å². The minimum atomic E-state index is -4.77. The summed E-state index contributed by atoms with van der Waals surface area (Å²) in [7, 11) is 4.24. The van der Waals surface area contributed by atoms with Crippen LogP contribution in [0.3, 0.4) is 0 Å². The molecule has 0 unspecified atom stereocenters. The fraction of sp³-hybridized carbons (Fsp3) is 0.417. The molecule has 0 bridgehead atoms. The molecule has 4 rings (SSSR count). The van der Waals surface area contributed by atoms with Crippen molar-refractivity contribution in [3.63, 3.8) is 0 Å². The van der Waals surface area contributed by atoms with E-state index >= 15 is 0 Å². The highest BCUT2D eigenvalue weighted by molar-refractivity contribution is 7.12. The molecule has 11 heteroatoms. The molecule has 188 valence electrons. The second-order valence-corrected chi connectivity index (χ2v) is 9.57. The van der Waals surface area contributed by atoms with E-state index in [-0.39, 0.29) is 17.4 Å². The number of amides is 1. The molecule has 1 aromatic carbocycles. The minimum absolute atomic E-state index is 0.130. The van der Waals surface area contributed by atoms with E-state index in [0.717, 1.165) is 65.6 Å². The molecule has 7 nitrogen and oxygen atoms in total. The molecule has 2 aromatic heterocycles. The third-order valence-electron chi connectivity index (χ3n) is 5.94. The predicted octanol–water partition coefficient (Wildman–Crippen LogP) is 5.05. The fourth-order valence-corrected chi connectivity index (χ4v) is 4.81. The second kappa shape index (κ2) is 10.3. The number of anilines is 2. The Bertz CT molecular complexity index is 1190. The van der Waals surface area contributed by atoms with E-state index in [1.807, 2.05) is 19.1 Å². The van der Waals surface area contributed by atoms with Crippen LogP contribution in [-0.2, 0) is 4.79 Å². The first-order valence-electron chi connectivity index (χ1n) is 11.2. The molecule has 1 fully saturated rings. The van der Waals surface area contributed by atoms with Gasteiger partial charge in [0.15, 0.2) is 11.7 Å². The highest BCUT2D eigenvalue weighted by Gasteiger charge is 2.32. The molecule has 0 aliphatic carbocycles. The van der Waals surface area contributed by atoms with Gasteiger partial charge in [0, 0.05) is 41.7 Å². The van der Waals surface area contributed by atoms with Crippen molar-refractivity contribution in [3.05, 3.63) is 41.3 Å². The minimum Gasteiger partial charge on any atom is -0.483 e. The third kappa shape index (κ3) is 6.55. The maximum Gasteiger partial charge on any atom is 0.573 e. The van der Waals surface area contributed by atoms with Crippen LogP contribution in [0, 0.1) is 6.92 Å². The summed E-state index contributed by atoms with van der Waals surface area (Å²) in [4.78, 5) is 21.7. The quantitative estimate of drug-likeness (QED) is 0.482. The zero-order valence-corrected chi connectivity index (χ0v) is 20.5. The van der Waals surface area contributed by atoms with Crippen LogP contribution >= 0.6 is 11.3 Å². The zero-order valence-electron chi connectivity index (χ0n) is 19.7. The van der Waals surface area contributed by atoms with Crippen LogP contribution in [0.4, 0.5) is 24.7 Å². The fourth-order valence-electron chi connectivity index (χ4n) is 4.12. The van der Waals surface area contributed by atoms with Gasteiger partial charge in [-0.3, -0.25) is 4.79 Å². The van der Waals surface area contributed by atoms with Gasteiger partial charge in [-0.25, -0.2) is 4.98 Å². The van der Waals surface area contributed by atoms with Crippen LogP contribution in [0.1, 0.15) is 18.4 Å². The monoisotopic (exact) mass is 508 g/mol. The number of hydrogen-bond donors (Lipinski definition) is 1. The summed E-state index contributed by atoms with van der Waals surface area (Å²) < 4.78 is 45.9. The molecule has 35 heavy (non-hydrogen) atoms. The Balaban J connectivity index is 1.36. The van der Waals surface area contributed by atoms with Gasteiger partial charge in [-0.1, -0.05) is 0 Å². The maximum atomic E-state index is 12.3. The highest BCUT2D eigenvalue weighted by Crippen LogP contribution is 2.33. The van der Waals surface area contributed by atoms with Crippen molar-refractivity contribution in [2.75, 3.05) is 44.0 Å². The Hall–Kier alpha value is -3.05. The molecule has 3 aromatic rings. The topological polar surface area (TPSA) is 66.9 Å². The SMILES string of the molecule is Cc1cc(N2CCC(N(C)C)CC2)nc2ccc(NC(=O)COc3csc(OC(F)(F)F)c3)cc12. The lowest BCUT2D eigenvalue weighted by Gasteiger charge is -2.36. The molecule has 1 aliphatic heterocycles. The summed E-state index contributed by atoms with van der Waals surface area (Å²) in [5.74, 6) is 0.659. The van der Waals surface area contributed by atoms with E-state index in [1.165, 1.54) is 5.38 Å². The van der Waals surface area contributed by atoms with Gasteiger partial charge in [0.25, 0.3) is 5.91 Å². The van der Waals surface area contributed by atoms with E-state index in [4.69, 9.17) is 9.72 Å². The molecule has 0 atom stereocenters. The largest absolute Gasteiger partial charge is 0.573 e. The van der Waals surface area contributed by atoms with E-state index in [0.29, 0.717) is 11.7 Å². The summed E-state index contributed by atoms with van der Waals surface area (Å²) in [6.45, 7) is 3.59. The van der Waals surface area contributed by atoms with Gasteiger partial charge in [0.2, 0.25) is 0 Å². The van der Waals surface area contributed by atoms with Crippen LogP contribution < -0.4 is 19.7 Å². The number of carbonyl (C=O) groups is 1. The molecule has 0 saturated carbocycles. The average Bonchev–Trinajstić information content (AvgIpc) is 3.23. The molecule has 1 saturated heterocycles. The summed E-state index contributed by atoms with van der Waals surface area (Å²) in [5.41, 5.74) is 2.49. The van der Waals surface area contributed by atoms with Crippen molar-refractivity contribution in [1.82, 2.24) is 9.88 Å². The van der Waals surface area contributed by atoms with Crippen LogP contribution in [0.15, 0.2) is 35.7 Å². The second-order valence-electron chi connectivity index (χ2n) is 8.70. The molecule has 1 amide bonds. The molecule has 0 radical (unpaired) electrons. The third-order valence-corrected chi connectivity index (χ3v) is 6.73. The number of piperidine rings is 1. The van der Waals surface area contributed by atoms with Crippen LogP contribution in [-0.4, -0.2) is 62.0 Å². The summed E-state index contributed by atoms with van der Waals surface area (Å²) in [6, 6.07) is 9.26. The van der Waals surface area contributed by atoms with Gasteiger partial charge in [-0.2, -0.15) is 0 Å². The number of benzene rings is 1. The summed E-state index contributed by atoms with van der Waals surface area (Å²) in [5, 5.41) is 4.68. The Morgan fingerprint density at radius 2 is 1.97 bits per heavy atom. The first-order valence-corrected chi connectivity index (χ1v) is 12.0. The number of fused-ring (bicyclic) bond motifs is 1. The number of nitrogens with zero attached hydrogens (tertiary/aromatic N) is 3. The van der Waals surface area contributed by atoms with Crippen molar-refractivity contribution in [2.45, 2.75) is 32.2 Å². The first-order chi connectivity index (χ1) is 16.6. The number of aryl methyl sites for hydroxylation is 1. The van der Waals surface area contributed by atoms with Gasteiger partial charge < -0.3 is 24.6 Å². The van der Waals surface area contributed by atoms with Crippen molar-refractivity contribution in [1.29, 1.82) is 0 Å². The number of halogens is 3. The molecule has 3 heterocycles. The first kappa shape index (κ1) is 25.1. The Morgan fingerprint density at radius 3 is 2.66 bits per heavy atom. The van der Waals surface area contributed by atoms with Gasteiger partial charge in [0.05, 0.1) is 5.52 Å². The number of ether oxygens (including phenoxy) is 2. The number of thiophene rings is 1.